The van der Waals surface area contributed by atoms with Gasteiger partial charge in [0.05, 0.1) is 17.3 Å². The molecule has 21 heavy (non-hydrogen) atoms. The van der Waals surface area contributed by atoms with Crippen molar-refractivity contribution in [3.05, 3.63) is 54.1 Å². The maximum atomic E-state index is 10.6. The van der Waals surface area contributed by atoms with E-state index < -0.39 is 5.97 Å². The van der Waals surface area contributed by atoms with Gasteiger partial charge in [0.1, 0.15) is 0 Å². The second kappa shape index (κ2) is 8.40. The van der Waals surface area contributed by atoms with Crippen molar-refractivity contribution in [1.82, 2.24) is 0 Å². The smallest absolute Gasteiger partial charge is 0.545 e. The Hall–Kier alpha value is -1.05. The van der Waals surface area contributed by atoms with Crippen molar-refractivity contribution >= 4 is 23.0 Å². The molecular weight excluding hydrogens is 293 g/mol. The van der Waals surface area contributed by atoms with E-state index in [4.69, 9.17) is 0 Å². The van der Waals surface area contributed by atoms with Crippen LogP contribution < -0.4 is 61.4 Å². The molecule has 0 aliphatic heterocycles. The predicted octanol–water partition coefficient (Wildman–Crippen LogP) is -0.465. The molecule has 6 heteroatoms. The Morgan fingerprint density at radius 1 is 0.905 bits per heavy atom. The zero-order chi connectivity index (χ0) is 14.5. The summed E-state index contributed by atoms with van der Waals surface area (Å²) >= 11 is 0. The van der Waals surface area contributed by atoms with Gasteiger partial charge in [-0.25, -0.2) is 0 Å². The van der Waals surface area contributed by atoms with E-state index in [0.29, 0.717) is 5.69 Å². The third kappa shape index (κ3) is 5.33. The van der Waals surface area contributed by atoms with Crippen molar-refractivity contribution in [2.24, 2.45) is 10.2 Å². The number of carboxylic acid groups (broad SMARTS) is 1. The number of azo groups is 1. The fourth-order valence-electron chi connectivity index (χ4n) is 1.60. The summed E-state index contributed by atoms with van der Waals surface area (Å²) in [6.45, 7) is 0. The van der Waals surface area contributed by atoms with E-state index in [1.165, 1.54) is 12.1 Å². The fourth-order valence-corrected chi connectivity index (χ4v) is 1.60. The van der Waals surface area contributed by atoms with E-state index in [1.54, 1.807) is 12.1 Å². The first-order chi connectivity index (χ1) is 9.56. The summed E-state index contributed by atoms with van der Waals surface area (Å²) in [5.41, 5.74) is 2.54. The van der Waals surface area contributed by atoms with Crippen molar-refractivity contribution in [2.75, 3.05) is 19.0 Å². The van der Waals surface area contributed by atoms with E-state index in [-0.39, 0.29) is 56.9 Å². The van der Waals surface area contributed by atoms with Crippen molar-refractivity contribution < 1.29 is 61.3 Å². The van der Waals surface area contributed by atoms with Gasteiger partial charge in [0.25, 0.3) is 0 Å². The molecule has 0 amide bonds. The Kier molecular flexibility index (Phi) is 7.20. The topological polar surface area (TPSA) is 68.1 Å². The fraction of sp³-hybridized carbons (Fsp3) is 0.133. The standard InChI is InChI=1S/C15H15N3O2.K/c1-18(2)14-9-7-13(8-10-14)17-16-12-5-3-11(4-6-12)15(19)20;/h3-10H,1-2H3,(H,19,20);/q;+1/p-1. The third-order valence-electron chi connectivity index (χ3n) is 2.75. The molecule has 5 nitrogen and oxygen atoms in total. The van der Waals surface area contributed by atoms with E-state index >= 15 is 0 Å². The van der Waals surface area contributed by atoms with Crippen LogP contribution in [0.25, 0.3) is 0 Å². The van der Waals surface area contributed by atoms with Crippen LogP contribution in [0.4, 0.5) is 17.1 Å². The van der Waals surface area contributed by atoms with Crippen molar-refractivity contribution in [1.29, 1.82) is 0 Å². The maximum absolute atomic E-state index is 10.6. The Balaban J connectivity index is 0.00000220. The van der Waals surface area contributed by atoms with Gasteiger partial charge in [0.2, 0.25) is 0 Å². The first-order valence-corrected chi connectivity index (χ1v) is 6.07. The predicted molar refractivity (Wildman–Crippen MR) is 75.7 cm³/mol. The van der Waals surface area contributed by atoms with Gasteiger partial charge in [-0.15, -0.1) is 0 Å². The average Bonchev–Trinajstić information content (AvgIpc) is 2.46. The summed E-state index contributed by atoms with van der Waals surface area (Å²) in [5, 5.41) is 18.8. The van der Waals surface area contributed by atoms with Crippen molar-refractivity contribution in [3.63, 3.8) is 0 Å². The molecule has 0 aromatic heterocycles. The number of carbonyl (C=O) groups excluding carboxylic acids is 1. The number of rotatable bonds is 4. The summed E-state index contributed by atoms with van der Waals surface area (Å²) in [6.07, 6.45) is 0. The van der Waals surface area contributed by atoms with Crippen LogP contribution >= 0.6 is 0 Å². The SMILES string of the molecule is CN(C)c1ccc(N=Nc2ccc(C(=O)[O-])cc2)cc1.[K+]. The Morgan fingerprint density at radius 2 is 1.33 bits per heavy atom. The van der Waals surface area contributed by atoms with Crippen LogP contribution in [-0.2, 0) is 0 Å². The van der Waals surface area contributed by atoms with Crippen LogP contribution in [0.15, 0.2) is 58.8 Å². The van der Waals surface area contributed by atoms with Crippen LogP contribution in [0, 0.1) is 0 Å². The normalized spacial score (nSPS) is 10.2. The number of carboxylic acids is 1. The van der Waals surface area contributed by atoms with E-state index in [9.17, 15) is 9.90 Å². The van der Waals surface area contributed by atoms with Gasteiger partial charge in [0, 0.05) is 19.8 Å². The second-order valence-corrected chi connectivity index (χ2v) is 4.45. The summed E-state index contributed by atoms with van der Waals surface area (Å²) in [7, 11) is 3.94. The van der Waals surface area contributed by atoms with Crippen molar-refractivity contribution in [2.45, 2.75) is 0 Å². The van der Waals surface area contributed by atoms with Gasteiger partial charge >= 0.3 is 51.4 Å². The van der Waals surface area contributed by atoms with Crippen LogP contribution in [0.5, 0.6) is 0 Å². The molecule has 102 valence electrons. The zero-order valence-electron chi connectivity index (χ0n) is 12.3. The summed E-state index contributed by atoms with van der Waals surface area (Å²) in [5.74, 6) is -1.20. The van der Waals surface area contributed by atoms with E-state index in [2.05, 4.69) is 10.2 Å². The van der Waals surface area contributed by atoms with Crippen LogP contribution in [0.1, 0.15) is 10.4 Å². The molecule has 0 atom stereocenters. The largest absolute Gasteiger partial charge is 1.00 e. The molecule has 0 bridgehead atoms. The van der Waals surface area contributed by atoms with E-state index in [0.717, 1.165) is 11.4 Å². The van der Waals surface area contributed by atoms with Gasteiger partial charge in [-0.3, -0.25) is 0 Å². The average molecular weight is 307 g/mol. The molecule has 0 spiro atoms. The molecule has 0 unspecified atom stereocenters. The van der Waals surface area contributed by atoms with Crippen LogP contribution in [0.2, 0.25) is 0 Å². The molecule has 2 rings (SSSR count). The minimum atomic E-state index is -1.20. The Bertz CT molecular complexity index is 622. The second-order valence-electron chi connectivity index (χ2n) is 4.45. The van der Waals surface area contributed by atoms with Crippen LogP contribution in [0.3, 0.4) is 0 Å². The monoisotopic (exact) mass is 307 g/mol. The minimum Gasteiger partial charge on any atom is -0.545 e. The first-order valence-electron chi connectivity index (χ1n) is 6.07. The molecule has 2 aromatic rings. The number of anilines is 1. The van der Waals surface area contributed by atoms with Gasteiger partial charge in [-0.05, 0) is 42.0 Å². The maximum Gasteiger partial charge on any atom is 1.00 e. The molecule has 0 aliphatic carbocycles. The van der Waals surface area contributed by atoms with E-state index in [1.807, 2.05) is 43.3 Å². The minimum absolute atomic E-state index is 0. The molecule has 0 saturated heterocycles. The molecular formula is C15H14KN3O2. The Labute approximate surface area is 166 Å². The van der Waals surface area contributed by atoms with Gasteiger partial charge in [-0.1, -0.05) is 12.1 Å². The summed E-state index contributed by atoms with van der Waals surface area (Å²) in [4.78, 5) is 12.6. The molecule has 0 aliphatic rings. The molecule has 2 aromatic carbocycles. The molecule has 0 fully saturated rings. The summed E-state index contributed by atoms with van der Waals surface area (Å²) in [6, 6.07) is 13.7. The molecule has 0 saturated carbocycles. The number of hydrogen-bond donors (Lipinski definition) is 0. The zero-order valence-corrected chi connectivity index (χ0v) is 15.4. The van der Waals surface area contributed by atoms with Crippen molar-refractivity contribution in [3.8, 4) is 0 Å². The third-order valence-corrected chi connectivity index (χ3v) is 2.75. The number of nitrogens with zero attached hydrogens (tertiary/aromatic N) is 3. The number of benzene rings is 2. The number of carbonyl (C=O) groups is 1. The number of hydrogen-bond acceptors (Lipinski definition) is 5. The molecule has 0 radical (unpaired) electrons. The van der Waals surface area contributed by atoms with Gasteiger partial charge in [0.15, 0.2) is 0 Å². The quantitative estimate of drug-likeness (QED) is 0.567. The van der Waals surface area contributed by atoms with Gasteiger partial charge < -0.3 is 14.8 Å². The first kappa shape index (κ1) is 18.0. The summed E-state index contributed by atoms with van der Waals surface area (Å²) < 4.78 is 0. The molecule has 0 N–H and O–H groups in total. The molecule has 0 heterocycles. The van der Waals surface area contributed by atoms with Gasteiger partial charge in [-0.2, -0.15) is 10.2 Å². The van der Waals surface area contributed by atoms with Crippen LogP contribution in [-0.4, -0.2) is 20.1 Å². The Morgan fingerprint density at radius 3 is 1.71 bits per heavy atom. The number of aromatic carboxylic acids is 1.